The fourth-order valence-corrected chi connectivity index (χ4v) is 0.620. The van der Waals surface area contributed by atoms with Crippen molar-refractivity contribution in [3.05, 3.63) is 61.7 Å². The molecular formula is C12H17NaO. The Morgan fingerprint density at radius 1 is 0.857 bits per heavy atom. The Morgan fingerprint density at radius 2 is 1.14 bits per heavy atom. The van der Waals surface area contributed by atoms with Crippen LogP contribution >= 0.6 is 0 Å². The van der Waals surface area contributed by atoms with Crippen molar-refractivity contribution in [2.24, 2.45) is 0 Å². The van der Waals surface area contributed by atoms with Crippen molar-refractivity contribution in [2.45, 2.75) is 0 Å². The molecule has 0 spiro atoms. The van der Waals surface area contributed by atoms with Crippen molar-refractivity contribution in [3.8, 4) is 0 Å². The first-order valence-corrected chi connectivity index (χ1v) is 4.21. The third-order valence-electron chi connectivity index (χ3n) is 1.14. The van der Waals surface area contributed by atoms with E-state index in [0.29, 0.717) is 13.2 Å². The van der Waals surface area contributed by atoms with Crippen LogP contribution in [0.1, 0.15) is 1.43 Å². The molecular weight excluding hydrogens is 183 g/mol. The van der Waals surface area contributed by atoms with Crippen molar-refractivity contribution < 1.29 is 35.7 Å². The molecule has 1 aromatic rings. The third kappa shape index (κ3) is 14.2. The molecule has 0 saturated heterocycles. The summed E-state index contributed by atoms with van der Waals surface area (Å²) in [5.74, 6) is 0. The molecule has 0 amide bonds. The SMILES string of the molecule is C=CCOCC=C.[H-].[Na+].c1ccccc1. The number of hydrogen-bond acceptors (Lipinski definition) is 1. The van der Waals surface area contributed by atoms with Crippen LogP contribution in [-0.2, 0) is 4.74 Å². The molecule has 0 bridgehead atoms. The smallest absolute Gasteiger partial charge is 1.00 e. The average molecular weight is 200 g/mol. The van der Waals surface area contributed by atoms with Gasteiger partial charge in [0.15, 0.2) is 0 Å². The Bertz CT molecular complexity index is 179. The van der Waals surface area contributed by atoms with Crippen LogP contribution in [0.15, 0.2) is 61.7 Å². The molecule has 2 heteroatoms. The quantitative estimate of drug-likeness (QED) is 0.383. The molecule has 0 aromatic heterocycles. The van der Waals surface area contributed by atoms with Crippen LogP contribution in [0.4, 0.5) is 0 Å². The van der Waals surface area contributed by atoms with Crippen LogP contribution in [0.3, 0.4) is 0 Å². The molecule has 0 unspecified atom stereocenters. The number of rotatable bonds is 4. The molecule has 0 aliphatic heterocycles. The minimum Gasteiger partial charge on any atom is -1.00 e. The summed E-state index contributed by atoms with van der Waals surface area (Å²) in [6, 6.07) is 12.0. The van der Waals surface area contributed by atoms with Crippen LogP contribution in [0.25, 0.3) is 0 Å². The van der Waals surface area contributed by atoms with E-state index in [0.717, 1.165) is 0 Å². The Kier molecular flexibility index (Phi) is 17.4. The van der Waals surface area contributed by atoms with Gasteiger partial charge < -0.3 is 6.16 Å². The van der Waals surface area contributed by atoms with E-state index < -0.39 is 0 Å². The second-order valence-corrected chi connectivity index (χ2v) is 2.27. The summed E-state index contributed by atoms with van der Waals surface area (Å²) in [5, 5.41) is 0. The van der Waals surface area contributed by atoms with Crippen molar-refractivity contribution in [1.82, 2.24) is 0 Å². The first-order valence-electron chi connectivity index (χ1n) is 4.21. The molecule has 0 aliphatic carbocycles. The molecule has 0 atom stereocenters. The maximum absolute atomic E-state index is 4.90. The van der Waals surface area contributed by atoms with Gasteiger partial charge in [0.25, 0.3) is 0 Å². The fraction of sp³-hybridized carbons (Fsp3) is 0.167. The van der Waals surface area contributed by atoms with Gasteiger partial charge >= 0.3 is 29.6 Å². The van der Waals surface area contributed by atoms with Gasteiger partial charge in [0.05, 0.1) is 13.2 Å². The zero-order valence-electron chi connectivity index (χ0n) is 9.86. The molecule has 0 aliphatic rings. The molecule has 0 fully saturated rings. The first-order chi connectivity index (χ1) is 6.41. The summed E-state index contributed by atoms with van der Waals surface area (Å²) in [5.41, 5.74) is 0. The van der Waals surface area contributed by atoms with E-state index in [9.17, 15) is 0 Å². The third-order valence-corrected chi connectivity index (χ3v) is 1.14. The van der Waals surface area contributed by atoms with Gasteiger partial charge in [-0.3, -0.25) is 0 Å². The van der Waals surface area contributed by atoms with Gasteiger partial charge in [0.2, 0.25) is 0 Å². The van der Waals surface area contributed by atoms with Gasteiger partial charge in [0.1, 0.15) is 0 Å². The molecule has 1 rings (SSSR count). The molecule has 0 saturated carbocycles. The van der Waals surface area contributed by atoms with E-state index in [2.05, 4.69) is 13.2 Å². The van der Waals surface area contributed by atoms with E-state index in [1.165, 1.54) is 0 Å². The van der Waals surface area contributed by atoms with E-state index in [1.807, 2.05) is 36.4 Å². The van der Waals surface area contributed by atoms with Crippen molar-refractivity contribution in [1.29, 1.82) is 0 Å². The molecule has 0 radical (unpaired) electrons. The maximum atomic E-state index is 4.90. The fourth-order valence-electron chi connectivity index (χ4n) is 0.620. The number of benzene rings is 1. The van der Waals surface area contributed by atoms with Gasteiger partial charge in [-0.1, -0.05) is 48.6 Å². The molecule has 14 heavy (non-hydrogen) atoms. The van der Waals surface area contributed by atoms with E-state index in [1.54, 1.807) is 12.2 Å². The Hall–Kier alpha value is -0.340. The van der Waals surface area contributed by atoms with Crippen LogP contribution in [0.5, 0.6) is 0 Å². The molecule has 72 valence electrons. The minimum atomic E-state index is 0. The van der Waals surface area contributed by atoms with E-state index >= 15 is 0 Å². The zero-order chi connectivity index (χ0) is 9.78. The van der Waals surface area contributed by atoms with E-state index in [-0.39, 0.29) is 31.0 Å². The summed E-state index contributed by atoms with van der Waals surface area (Å²) in [6.45, 7) is 8.18. The van der Waals surface area contributed by atoms with Crippen molar-refractivity contribution in [2.75, 3.05) is 13.2 Å². The van der Waals surface area contributed by atoms with Crippen molar-refractivity contribution >= 4 is 0 Å². The molecule has 1 nitrogen and oxygen atoms in total. The van der Waals surface area contributed by atoms with E-state index in [4.69, 9.17) is 4.74 Å². The summed E-state index contributed by atoms with van der Waals surface area (Å²) < 4.78 is 4.90. The first kappa shape index (κ1) is 16.1. The van der Waals surface area contributed by atoms with Crippen LogP contribution in [-0.4, -0.2) is 13.2 Å². The van der Waals surface area contributed by atoms with Crippen LogP contribution in [0, 0.1) is 0 Å². The molecule has 1 aromatic carbocycles. The van der Waals surface area contributed by atoms with Gasteiger partial charge in [-0.15, -0.1) is 13.2 Å². The Balaban J connectivity index is -0.000000170. The molecule has 0 heterocycles. The zero-order valence-corrected chi connectivity index (χ0v) is 10.9. The van der Waals surface area contributed by atoms with Gasteiger partial charge in [0, 0.05) is 0 Å². The summed E-state index contributed by atoms with van der Waals surface area (Å²) in [7, 11) is 0. The number of ether oxygens (including phenoxy) is 1. The Morgan fingerprint density at radius 3 is 1.36 bits per heavy atom. The predicted octanol–water partition coefficient (Wildman–Crippen LogP) is 0.178. The monoisotopic (exact) mass is 200 g/mol. The Labute approximate surface area is 110 Å². The minimum absolute atomic E-state index is 0. The topological polar surface area (TPSA) is 9.23 Å². The maximum Gasteiger partial charge on any atom is 1.00 e. The summed E-state index contributed by atoms with van der Waals surface area (Å²) in [4.78, 5) is 0. The second kappa shape index (κ2) is 15.1. The normalized spacial score (nSPS) is 7.43. The largest absolute Gasteiger partial charge is 1.00 e. The summed E-state index contributed by atoms with van der Waals surface area (Å²) in [6.07, 6.45) is 3.42. The van der Waals surface area contributed by atoms with Crippen molar-refractivity contribution in [3.63, 3.8) is 0 Å². The number of hydrogen-bond donors (Lipinski definition) is 0. The average Bonchev–Trinajstić information content (AvgIpc) is 2.22. The summed E-state index contributed by atoms with van der Waals surface area (Å²) >= 11 is 0. The van der Waals surface area contributed by atoms with Crippen LogP contribution < -0.4 is 29.6 Å². The second-order valence-electron chi connectivity index (χ2n) is 2.27. The van der Waals surface area contributed by atoms with Crippen LogP contribution in [0.2, 0.25) is 0 Å². The standard InChI is InChI=1S/C6H10O.C6H6.Na.H/c1-3-5-7-6-4-2;1-2-4-6-5-3-1;;/h3-4H,1-2,5-6H2;1-6H;;/q;;+1;-1. The van der Waals surface area contributed by atoms with Gasteiger partial charge in [-0.2, -0.15) is 0 Å². The van der Waals surface area contributed by atoms with Gasteiger partial charge in [-0.25, -0.2) is 0 Å². The predicted molar refractivity (Wildman–Crippen MR) is 58.8 cm³/mol. The molecule has 0 N–H and O–H groups in total. The van der Waals surface area contributed by atoms with Gasteiger partial charge in [-0.05, 0) is 0 Å².